The summed E-state index contributed by atoms with van der Waals surface area (Å²) < 4.78 is 5.27. The van der Waals surface area contributed by atoms with Crippen molar-refractivity contribution in [3.05, 3.63) is 72.4 Å². The fourth-order valence-corrected chi connectivity index (χ4v) is 2.88. The molecule has 0 spiro atoms. The van der Waals surface area contributed by atoms with Crippen LogP contribution in [0.1, 0.15) is 5.56 Å². The number of hydrogen-bond acceptors (Lipinski definition) is 3. The lowest BCUT2D eigenvalue weighted by Gasteiger charge is -2.04. The van der Waals surface area contributed by atoms with Gasteiger partial charge in [0.2, 0.25) is 0 Å². The lowest BCUT2D eigenvalue weighted by Crippen LogP contribution is -2.30. The third-order valence-corrected chi connectivity index (χ3v) is 4.16. The molecule has 0 bridgehead atoms. The average molecular weight is 346 g/mol. The number of H-pyrrole nitrogens is 1. The van der Waals surface area contributed by atoms with Crippen LogP contribution in [0.4, 0.5) is 10.6 Å². The number of urea groups is 1. The van der Waals surface area contributed by atoms with Gasteiger partial charge in [-0.1, -0.05) is 53.7 Å². The normalized spacial score (nSPS) is 10.8. The molecule has 6 heteroatoms. The molecule has 0 radical (unpaired) electrons. The monoisotopic (exact) mass is 346 g/mol. The quantitative estimate of drug-likeness (QED) is 0.507. The first kappa shape index (κ1) is 16.0. The van der Waals surface area contributed by atoms with Gasteiger partial charge in [0.1, 0.15) is 0 Å². The molecule has 130 valence electrons. The number of carbonyl (C=O) groups excluding carboxylic acids is 1. The maximum Gasteiger partial charge on any atom is 0.320 e. The molecule has 0 saturated heterocycles. The third-order valence-electron chi connectivity index (χ3n) is 4.16. The van der Waals surface area contributed by atoms with Crippen LogP contribution in [0.25, 0.3) is 22.2 Å². The standard InChI is InChI=1S/C20H18N4O2/c25-20(21-11-10-15-13-22-17-9-5-4-8-16(15)17)23-19-12-18(26-24-19)14-6-2-1-3-7-14/h1-9,12-13,22H,10-11H2,(H2,21,23,24,25). The predicted molar refractivity (Wildman–Crippen MR) is 101 cm³/mol. The molecule has 0 unspecified atom stereocenters. The van der Waals surface area contributed by atoms with Gasteiger partial charge in [-0.05, 0) is 18.1 Å². The molecule has 0 aliphatic heterocycles. The Hall–Kier alpha value is -3.54. The maximum absolute atomic E-state index is 12.0. The first-order valence-corrected chi connectivity index (χ1v) is 8.41. The molecule has 2 amide bonds. The highest BCUT2D eigenvalue weighted by molar-refractivity contribution is 5.88. The molecule has 2 aromatic carbocycles. The Kier molecular flexibility index (Phi) is 4.38. The Bertz CT molecular complexity index is 1020. The molecule has 0 atom stereocenters. The van der Waals surface area contributed by atoms with Gasteiger partial charge >= 0.3 is 6.03 Å². The van der Waals surface area contributed by atoms with Crippen LogP contribution in [-0.2, 0) is 6.42 Å². The van der Waals surface area contributed by atoms with Crippen molar-refractivity contribution in [3.8, 4) is 11.3 Å². The summed E-state index contributed by atoms with van der Waals surface area (Å²) in [6.07, 6.45) is 2.72. The Balaban J connectivity index is 1.31. The number of anilines is 1. The number of amides is 2. The van der Waals surface area contributed by atoms with E-state index in [4.69, 9.17) is 4.52 Å². The van der Waals surface area contributed by atoms with Crippen LogP contribution in [0.15, 0.2) is 71.4 Å². The van der Waals surface area contributed by atoms with E-state index in [1.54, 1.807) is 6.07 Å². The number of fused-ring (bicyclic) bond motifs is 1. The number of nitrogens with zero attached hydrogens (tertiary/aromatic N) is 1. The van der Waals surface area contributed by atoms with Gasteiger partial charge in [-0.15, -0.1) is 0 Å². The lowest BCUT2D eigenvalue weighted by atomic mass is 10.1. The van der Waals surface area contributed by atoms with Crippen LogP contribution in [0.3, 0.4) is 0 Å². The summed E-state index contributed by atoms with van der Waals surface area (Å²) in [5.74, 6) is 0.994. The van der Waals surface area contributed by atoms with Crippen LogP contribution in [0.2, 0.25) is 0 Å². The van der Waals surface area contributed by atoms with Crippen LogP contribution in [0.5, 0.6) is 0 Å². The fourth-order valence-electron chi connectivity index (χ4n) is 2.88. The largest absolute Gasteiger partial charge is 0.361 e. The average Bonchev–Trinajstić information content (AvgIpc) is 3.30. The van der Waals surface area contributed by atoms with E-state index in [1.165, 1.54) is 10.9 Å². The molecule has 0 aliphatic rings. The molecule has 2 heterocycles. The number of aromatic nitrogens is 2. The van der Waals surface area contributed by atoms with Crippen molar-refractivity contribution in [2.24, 2.45) is 0 Å². The lowest BCUT2D eigenvalue weighted by molar-refractivity contribution is 0.252. The molecule has 0 fully saturated rings. The maximum atomic E-state index is 12.0. The van der Waals surface area contributed by atoms with E-state index in [0.29, 0.717) is 18.1 Å². The minimum absolute atomic E-state index is 0.308. The van der Waals surface area contributed by atoms with E-state index in [0.717, 1.165) is 17.5 Å². The van der Waals surface area contributed by atoms with Crippen molar-refractivity contribution in [2.75, 3.05) is 11.9 Å². The van der Waals surface area contributed by atoms with Crippen LogP contribution < -0.4 is 10.6 Å². The summed E-state index contributed by atoms with van der Waals surface area (Å²) >= 11 is 0. The number of rotatable bonds is 5. The molecule has 0 saturated carbocycles. The van der Waals surface area contributed by atoms with Crippen molar-refractivity contribution in [1.82, 2.24) is 15.5 Å². The number of aromatic amines is 1. The zero-order chi connectivity index (χ0) is 17.8. The number of nitrogens with one attached hydrogen (secondary N) is 3. The molecule has 4 rings (SSSR count). The van der Waals surface area contributed by atoms with Crippen molar-refractivity contribution in [3.63, 3.8) is 0 Å². The van der Waals surface area contributed by atoms with E-state index in [-0.39, 0.29) is 6.03 Å². The van der Waals surface area contributed by atoms with Crippen LogP contribution in [0, 0.1) is 0 Å². The SMILES string of the molecule is O=C(NCCc1c[nH]c2ccccc12)Nc1cc(-c2ccccc2)on1. The van der Waals surface area contributed by atoms with Crippen molar-refractivity contribution < 1.29 is 9.32 Å². The minimum atomic E-state index is -0.308. The minimum Gasteiger partial charge on any atom is -0.361 e. The van der Waals surface area contributed by atoms with Gasteiger partial charge in [-0.25, -0.2) is 4.79 Å². The summed E-state index contributed by atoms with van der Waals surface area (Å²) in [5.41, 5.74) is 3.18. The van der Waals surface area contributed by atoms with Gasteiger partial charge in [0.05, 0.1) is 0 Å². The molecule has 26 heavy (non-hydrogen) atoms. The first-order chi connectivity index (χ1) is 12.8. The van der Waals surface area contributed by atoms with Crippen molar-refractivity contribution >= 4 is 22.8 Å². The highest BCUT2D eigenvalue weighted by atomic mass is 16.5. The summed E-state index contributed by atoms with van der Waals surface area (Å²) in [5, 5.41) is 10.6. The molecule has 3 N–H and O–H groups in total. The number of para-hydroxylation sites is 1. The summed E-state index contributed by atoms with van der Waals surface area (Å²) in [6, 6.07) is 19.1. The molecule has 6 nitrogen and oxygen atoms in total. The Morgan fingerprint density at radius 1 is 1.08 bits per heavy atom. The second kappa shape index (κ2) is 7.14. The van der Waals surface area contributed by atoms with Gasteiger partial charge in [-0.2, -0.15) is 0 Å². The van der Waals surface area contributed by atoms with Crippen molar-refractivity contribution in [2.45, 2.75) is 6.42 Å². The van der Waals surface area contributed by atoms with E-state index in [9.17, 15) is 4.79 Å². The second-order valence-corrected chi connectivity index (χ2v) is 5.93. The van der Waals surface area contributed by atoms with Crippen LogP contribution >= 0.6 is 0 Å². The molecule has 2 aromatic heterocycles. The predicted octanol–water partition coefficient (Wildman–Crippen LogP) is 4.19. The Morgan fingerprint density at radius 2 is 1.88 bits per heavy atom. The van der Waals surface area contributed by atoms with Crippen molar-refractivity contribution in [1.29, 1.82) is 0 Å². The summed E-state index contributed by atoms with van der Waals surface area (Å²) in [6.45, 7) is 0.525. The topological polar surface area (TPSA) is 83.0 Å². The highest BCUT2D eigenvalue weighted by Crippen LogP contribution is 2.22. The zero-order valence-corrected chi connectivity index (χ0v) is 14.0. The summed E-state index contributed by atoms with van der Waals surface area (Å²) in [4.78, 5) is 15.3. The molecule has 4 aromatic rings. The molecular formula is C20H18N4O2. The Labute approximate surface area is 150 Å². The summed E-state index contributed by atoms with van der Waals surface area (Å²) in [7, 11) is 0. The van der Waals surface area contributed by atoms with E-state index < -0.39 is 0 Å². The zero-order valence-electron chi connectivity index (χ0n) is 14.0. The van der Waals surface area contributed by atoms with Crippen LogP contribution in [-0.4, -0.2) is 22.7 Å². The van der Waals surface area contributed by atoms with Gasteiger partial charge in [-0.3, -0.25) is 5.32 Å². The first-order valence-electron chi connectivity index (χ1n) is 8.41. The third kappa shape index (κ3) is 3.44. The second-order valence-electron chi connectivity index (χ2n) is 5.93. The fraction of sp³-hybridized carbons (Fsp3) is 0.100. The van der Waals surface area contributed by atoms with Gasteiger partial charge in [0.25, 0.3) is 0 Å². The smallest absolute Gasteiger partial charge is 0.320 e. The van der Waals surface area contributed by atoms with E-state index in [1.807, 2.05) is 54.7 Å². The van der Waals surface area contributed by atoms with Gasteiger partial charge in [0, 0.05) is 35.3 Å². The van der Waals surface area contributed by atoms with E-state index >= 15 is 0 Å². The number of hydrogen-bond donors (Lipinski definition) is 3. The molecular weight excluding hydrogens is 328 g/mol. The number of benzene rings is 2. The molecule has 0 aliphatic carbocycles. The van der Waals surface area contributed by atoms with E-state index in [2.05, 4.69) is 26.8 Å². The highest BCUT2D eigenvalue weighted by Gasteiger charge is 2.09. The number of carbonyl (C=O) groups is 1. The van der Waals surface area contributed by atoms with Gasteiger partial charge in [0.15, 0.2) is 11.6 Å². The van der Waals surface area contributed by atoms with Gasteiger partial charge < -0.3 is 14.8 Å². The Morgan fingerprint density at radius 3 is 2.77 bits per heavy atom.